The number of thioether (sulfide) groups is 1. The van der Waals surface area contributed by atoms with Gasteiger partial charge in [-0.15, -0.1) is 0 Å². The van der Waals surface area contributed by atoms with Crippen LogP contribution in [0.15, 0.2) is 24.3 Å². The van der Waals surface area contributed by atoms with E-state index in [4.69, 9.17) is 5.11 Å². The number of nitrogens with one attached hydrogen (secondary N) is 1. The van der Waals surface area contributed by atoms with Crippen LogP contribution in [-0.2, 0) is 6.61 Å². The zero-order valence-electron chi connectivity index (χ0n) is 8.94. The van der Waals surface area contributed by atoms with Crippen molar-refractivity contribution in [3.63, 3.8) is 0 Å². The van der Waals surface area contributed by atoms with Crippen molar-refractivity contribution < 1.29 is 5.11 Å². The van der Waals surface area contributed by atoms with Crippen LogP contribution < -0.4 is 5.32 Å². The van der Waals surface area contributed by atoms with E-state index in [1.54, 1.807) is 0 Å². The third kappa shape index (κ3) is 2.67. The first-order chi connectivity index (χ1) is 7.29. The van der Waals surface area contributed by atoms with E-state index in [1.165, 1.54) is 12.2 Å². The lowest BCUT2D eigenvalue weighted by molar-refractivity contribution is 0.282. The van der Waals surface area contributed by atoms with Crippen molar-refractivity contribution in [2.24, 2.45) is 0 Å². The molecular weight excluding hydrogens is 206 g/mol. The number of hydrogen-bond acceptors (Lipinski definition) is 3. The number of rotatable bonds is 3. The summed E-state index contributed by atoms with van der Waals surface area (Å²) >= 11 is 2.02. The van der Waals surface area contributed by atoms with Gasteiger partial charge in [-0.3, -0.25) is 0 Å². The third-order valence-corrected chi connectivity index (χ3v) is 4.16. The van der Waals surface area contributed by atoms with Crippen molar-refractivity contribution in [2.75, 3.05) is 11.1 Å². The summed E-state index contributed by atoms with van der Waals surface area (Å²) in [6, 6.07) is 8.59. The molecule has 2 nitrogen and oxygen atoms in total. The van der Waals surface area contributed by atoms with Crippen molar-refractivity contribution in [3.8, 4) is 0 Å². The van der Waals surface area contributed by atoms with Gasteiger partial charge in [0.1, 0.15) is 0 Å². The molecule has 2 unspecified atom stereocenters. The third-order valence-electron chi connectivity index (χ3n) is 2.84. The van der Waals surface area contributed by atoms with E-state index in [0.29, 0.717) is 11.3 Å². The Morgan fingerprint density at radius 3 is 3.07 bits per heavy atom. The maximum atomic E-state index is 9.04. The number of hydrogen-bond donors (Lipinski definition) is 2. The SMILES string of the molecule is CC1SCCC1Nc1cccc(CO)c1. The van der Waals surface area contributed by atoms with Gasteiger partial charge in [0.2, 0.25) is 0 Å². The number of aliphatic hydroxyl groups is 1. The highest BCUT2D eigenvalue weighted by Crippen LogP contribution is 2.28. The molecule has 0 aliphatic carbocycles. The molecule has 1 aromatic rings. The standard InChI is InChI=1S/C12H17NOS/c1-9-12(5-6-15-9)13-11-4-2-3-10(7-11)8-14/h2-4,7,9,12-14H,5-6,8H2,1H3. The van der Waals surface area contributed by atoms with Crippen molar-refractivity contribution in [2.45, 2.75) is 31.2 Å². The maximum Gasteiger partial charge on any atom is 0.0682 e. The lowest BCUT2D eigenvalue weighted by Crippen LogP contribution is -2.24. The van der Waals surface area contributed by atoms with E-state index in [9.17, 15) is 0 Å². The molecule has 0 radical (unpaired) electrons. The summed E-state index contributed by atoms with van der Waals surface area (Å²) in [5.74, 6) is 1.25. The minimum absolute atomic E-state index is 0.116. The summed E-state index contributed by atoms with van der Waals surface area (Å²) in [6.45, 7) is 2.38. The molecule has 1 fully saturated rings. The lowest BCUT2D eigenvalue weighted by Gasteiger charge is -2.18. The monoisotopic (exact) mass is 223 g/mol. The Labute approximate surface area is 95.1 Å². The van der Waals surface area contributed by atoms with Crippen LogP contribution in [-0.4, -0.2) is 22.2 Å². The first-order valence-corrected chi connectivity index (χ1v) is 6.42. The molecule has 2 N–H and O–H groups in total. The molecule has 0 amide bonds. The minimum atomic E-state index is 0.116. The summed E-state index contributed by atoms with van der Waals surface area (Å²) in [5.41, 5.74) is 2.10. The van der Waals surface area contributed by atoms with Crippen LogP contribution in [0.2, 0.25) is 0 Å². The fourth-order valence-electron chi connectivity index (χ4n) is 1.89. The Hall–Kier alpha value is -0.670. The number of benzene rings is 1. The Morgan fingerprint density at radius 1 is 1.53 bits per heavy atom. The fourth-order valence-corrected chi connectivity index (χ4v) is 3.09. The molecule has 15 heavy (non-hydrogen) atoms. The van der Waals surface area contributed by atoms with Crippen LogP contribution in [0.25, 0.3) is 0 Å². The summed E-state index contributed by atoms with van der Waals surface area (Å²) in [5, 5.41) is 13.3. The zero-order valence-corrected chi connectivity index (χ0v) is 9.76. The second-order valence-corrected chi connectivity index (χ2v) is 5.46. The van der Waals surface area contributed by atoms with Crippen molar-refractivity contribution in [1.82, 2.24) is 0 Å². The van der Waals surface area contributed by atoms with E-state index < -0.39 is 0 Å². The highest BCUT2D eigenvalue weighted by atomic mass is 32.2. The number of anilines is 1. The summed E-state index contributed by atoms with van der Waals surface area (Å²) in [7, 11) is 0. The highest BCUT2D eigenvalue weighted by Gasteiger charge is 2.23. The molecule has 1 aliphatic heterocycles. The molecular formula is C12H17NOS. The molecule has 3 heteroatoms. The molecule has 1 saturated heterocycles. The van der Waals surface area contributed by atoms with Gasteiger partial charge in [-0.2, -0.15) is 11.8 Å². The Bertz CT molecular complexity index is 329. The van der Waals surface area contributed by atoms with Gasteiger partial charge >= 0.3 is 0 Å². The largest absolute Gasteiger partial charge is 0.392 e. The van der Waals surface area contributed by atoms with Crippen LogP contribution in [0.4, 0.5) is 5.69 Å². The van der Waals surface area contributed by atoms with E-state index >= 15 is 0 Å². The molecule has 0 aromatic heterocycles. The molecule has 1 aromatic carbocycles. The predicted octanol–water partition coefficient (Wildman–Crippen LogP) is 2.48. The van der Waals surface area contributed by atoms with Crippen LogP contribution in [0.1, 0.15) is 18.9 Å². The fraction of sp³-hybridized carbons (Fsp3) is 0.500. The van der Waals surface area contributed by atoms with E-state index in [1.807, 2.05) is 30.0 Å². The van der Waals surface area contributed by atoms with Crippen molar-refractivity contribution in [3.05, 3.63) is 29.8 Å². The van der Waals surface area contributed by atoms with Gasteiger partial charge in [0.05, 0.1) is 6.61 Å². The van der Waals surface area contributed by atoms with Crippen LogP contribution in [0, 0.1) is 0 Å². The van der Waals surface area contributed by atoms with Gasteiger partial charge in [-0.05, 0) is 29.9 Å². The van der Waals surface area contributed by atoms with Gasteiger partial charge in [0.15, 0.2) is 0 Å². The van der Waals surface area contributed by atoms with Gasteiger partial charge < -0.3 is 10.4 Å². The topological polar surface area (TPSA) is 32.3 Å². The average molecular weight is 223 g/mol. The Balaban J connectivity index is 2.03. The van der Waals surface area contributed by atoms with E-state index in [-0.39, 0.29) is 6.61 Å². The van der Waals surface area contributed by atoms with Crippen molar-refractivity contribution in [1.29, 1.82) is 0 Å². The Kier molecular flexibility index (Phi) is 3.54. The van der Waals surface area contributed by atoms with Gasteiger partial charge in [0.25, 0.3) is 0 Å². The van der Waals surface area contributed by atoms with Gasteiger partial charge in [-0.1, -0.05) is 19.1 Å². The van der Waals surface area contributed by atoms with Crippen LogP contribution in [0.5, 0.6) is 0 Å². The van der Waals surface area contributed by atoms with E-state index in [0.717, 1.165) is 11.3 Å². The molecule has 1 aliphatic rings. The first-order valence-electron chi connectivity index (χ1n) is 5.37. The smallest absolute Gasteiger partial charge is 0.0682 e. The average Bonchev–Trinajstić information content (AvgIpc) is 2.65. The summed E-state index contributed by atoms with van der Waals surface area (Å²) in [4.78, 5) is 0. The minimum Gasteiger partial charge on any atom is -0.392 e. The molecule has 1 heterocycles. The lowest BCUT2D eigenvalue weighted by atomic mass is 10.1. The highest BCUT2D eigenvalue weighted by molar-refractivity contribution is 8.00. The van der Waals surface area contributed by atoms with Gasteiger partial charge in [0, 0.05) is 17.0 Å². The Morgan fingerprint density at radius 2 is 2.40 bits per heavy atom. The summed E-state index contributed by atoms with van der Waals surface area (Å²) in [6.07, 6.45) is 1.23. The van der Waals surface area contributed by atoms with E-state index in [2.05, 4.69) is 18.3 Å². The second kappa shape index (κ2) is 4.90. The molecule has 82 valence electrons. The molecule has 2 atom stereocenters. The normalized spacial score (nSPS) is 25.5. The van der Waals surface area contributed by atoms with Gasteiger partial charge in [-0.25, -0.2) is 0 Å². The molecule has 0 saturated carbocycles. The molecule has 0 spiro atoms. The van der Waals surface area contributed by atoms with Crippen LogP contribution >= 0.6 is 11.8 Å². The first kappa shape index (κ1) is 10.8. The maximum absolute atomic E-state index is 9.04. The quantitative estimate of drug-likeness (QED) is 0.825. The zero-order chi connectivity index (χ0) is 10.7. The molecule has 0 bridgehead atoms. The molecule has 2 rings (SSSR count). The number of aliphatic hydroxyl groups excluding tert-OH is 1. The summed E-state index contributed by atoms with van der Waals surface area (Å²) < 4.78 is 0. The second-order valence-electron chi connectivity index (χ2n) is 3.97. The van der Waals surface area contributed by atoms with Crippen molar-refractivity contribution >= 4 is 17.4 Å². The predicted molar refractivity (Wildman–Crippen MR) is 66.3 cm³/mol. The van der Waals surface area contributed by atoms with Crippen LogP contribution in [0.3, 0.4) is 0 Å².